The highest BCUT2D eigenvalue weighted by molar-refractivity contribution is 7.90. The third kappa shape index (κ3) is 7.07. The van der Waals surface area contributed by atoms with Crippen molar-refractivity contribution in [3.8, 4) is 22.8 Å². The molecule has 0 aliphatic heterocycles. The first-order valence-corrected chi connectivity index (χ1v) is 15.8. The molecular formula is C33H28Cl2N2O6S. The molecule has 0 atom stereocenters. The first-order valence-electron chi connectivity index (χ1n) is 13.4. The summed E-state index contributed by atoms with van der Waals surface area (Å²) in [5.74, 6) is 0.223. The van der Waals surface area contributed by atoms with Gasteiger partial charge >= 0.3 is 5.97 Å². The largest absolute Gasteiger partial charge is 0.497 e. The molecule has 226 valence electrons. The summed E-state index contributed by atoms with van der Waals surface area (Å²) in [6.07, 6.45) is 2.35. The molecule has 5 rings (SSSR count). The van der Waals surface area contributed by atoms with Crippen LogP contribution in [-0.4, -0.2) is 43.3 Å². The van der Waals surface area contributed by atoms with Crippen LogP contribution >= 0.6 is 23.2 Å². The van der Waals surface area contributed by atoms with Gasteiger partial charge in [0.2, 0.25) is 0 Å². The molecule has 44 heavy (non-hydrogen) atoms. The monoisotopic (exact) mass is 650 g/mol. The third-order valence-electron chi connectivity index (χ3n) is 7.07. The van der Waals surface area contributed by atoms with E-state index in [1.165, 1.54) is 20.3 Å². The third-order valence-corrected chi connectivity index (χ3v) is 9.32. The van der Waals surface area contributed by atoms with Crippen molar-refractivity contribution in [1.29, 1.82) is 0 Å². The van der Waals surface area contributed by atoms with Crippen LogP contribution in [0.5, 0.6) is 11.5 Å². The van der Waals surface area contributed by atoms with Crippen molar-refractivity contribution in [2.24, 2.45) is 0 Å². The van der Waals surface area contributed by atoms with Crippen molar-refractivity contribution in [2.75, 3.05) is 14.2 Å². The fourth-order valence-corrected chi connectivity index (χ4v) is 6.81. The van der Waals surface area contributed by atoms with E-state index in [2.05, 4.69) is 0 Å². The second kappa shape index (κ2) is 13.1. The Labute approximate surface area is 265 Å². The topological polar surface area (TPSA) is 108 Å². The zero-order valence-electron chi connectivity index (χ0n) is 23.8. The number of nitrogens with zero attached hydrogens (tertiary/aromatic N) is 2. The number of carbonyl (C=O) groups is 1. The quantitative estimate of drug-likeness (QED) is 0.161. The number of carboxylic acid groups (broad SMARTS) is 1. The number of halogens is 2. The summed E-state index contributed by atoms with van der Waals surface area (Å²) in [7, 11) is -0.821. The van der Waals surface area contributed by atoms with Crippen molar-refractivity contribution in [3.63, 3.8) is 0 Å². The lowest BCUT2D eigenvalue weighted by Gasteiger charge is -2.12. The molecule has 1 heterocycles. The fraction of sp³-hybridized carbons (Fsp3) is 0.152. The molecular weight excluding hydrogens is 623 g/mol. The second-order valence-electron chi connectivity index (χ2n) is 10.1. The van der Waals surface area contributed by atoms with Crippen molar-refractivity contribution in [3.05, 3.63) is 129 Å². The molecule has 0 fully saturated rings. The maximum absolute atomic E-state index is 13.3. The number of aromatic nitrogens is 2. The molecule has 4 aromatic carbocycles. The molecule has 0 bridgehead atoms. The minimum Gasteiger partial charge on any atom is -0.497 e. The van der Waals surface area contributed by atoms with Crippen molar-refractivity contribution >= 4 is 39.0 Å². The number of benzene rings is 4. The van der Waals surface area contributed by atoms with E-state index >= 15 is 0 Å². The average molecular weight is 652 g/mol. The molecule has 1 aromatic heterocycles. The predicted molar refractivity (Wildman–Crippen MR) is 170 cm³/mol. The van der Waals surface area contributed by atoms with Gasteiger partial charge in [-0.1, -0.05) is 59.6 Å². The van der Waals surface area contributed by atoms with Crippen molar-refractivity contribution in [2.45, 2.75) is 23.6 Å². The SMILES string of the molecule is COc1ccc(OC)c(S(=O)(=O)Cc2ccc(Cc3nc(-c4ccc(Cl)cc4Cl)cn3Cc3ccc(C(=O)O)cc3)cc2)c1. The van der Waals surface area contributed by atoms with Gasteiger partial charge in [0, 0.05) is 35.8 Å². The van der Waals surface area contributed by atoms with E-state index < -0.39 is 15.8 Å². The number of methoxy groups -OCH3 is 2. The molecule has 0 amide bonds. The Morgan fingerprint density at radius 2 is 1.55 bits per heavy atom. The number of imidazole rings is 1. The van der Waals surface area contributed by atoms with E-state index in [1.807, 2.05) is 29.0 Å². The molecule has 0 aliphatic carbocycles. The van der Waals surface area contributed by atoms with Crippen LogP contribution in [0.4, 0.5) is 0 Å². The van der Waals surface area contributed by atoms with Gasteiger partial charge < -0.3 is 19.1 Å². The molecule has 0 aliphatic rings. The number of hydrogen-bond acceptors (Lipinski definition) is 6. The van der Waals surface area contributed by atoms with Gasteiger partial charge in [-0.25, -0.2) is 18.2 Å². The van der Waals surface area contributed by atoms with Crippen LogP contribution < -0.4 is 9.47 Å². The first kappa shape index (κ1) is 31.1. The molecule has 1 N–H and O–H groups in total. The Morgan fingerprint density at radius 1 is 0.864 bits per heavy atom. The maximum atomic E-state index is 13.3. The van der Waals surface area contributed by atoms with Gasteiger partial charge in [0.05, 0.1) is 36.3 Å². The van der Waals surface area contributed by atoms with Crippen LogP contribution in [0.25, 0.3) is 11.3 Å². The Hall–Kier alpha value is -4.31. The van der Waals surface area contributed by atoms with Gasteiger partial charge in [-0.05, 0) is 59.2 Å². The zero-order chi connectivity index (χ0) is 31.4. The molecule has 5 aromatic rings. The summed E-state index contributed by atoms with van der Waals surface area (Å²) >= 11 is 12.6. The normalized spacial score (nSPS) is 11.4. The summed E-state index contributed by atoms with van der Waals surface area (Å²) in [4.78, 5) is 16.2. The Morgan fingerprint density at radius 3 is 2.18 bits per heavy atom. The highest BCUT2D eigenvalue weighted by Gasteiger charge is 2.22. The minimum absolute atomic E-state index is 0.0650. The van der Waals surface area contributed by atoms with Crippen LogP contribution in [-0.2, 0) is 28.6 Å². The summed E-state index contributed by atoms with van der Waals surface area (Å²) in [6.45, 7) is 0.451. The molecule has 0 radical (unpaired) electrons. The number of rotatable bonds is 11. The summed E-state index contributed by atoms with van der Waals surface area (Å²) in [5, 5.41) is 10.2. The van der Waals surface area contributed by atoms with Crippen molar-refractivity contribution < 1.29 is 27.8 Å². The predicted octanol–water partition coefficient (Wildman–Crippen LogP) is 7.19. The average Bonchev–Trinajstić information content (AvgIpc) is 3.39. The summed E-state index contributed by atoms with van der Waals surface area (Å²) < 4.78 is 39.1. The fourth-order valence-electron chi connectivity index (χ4n) is 4.77. The van der Waals surface area contributed by atoms with E-state index in [0.29, 0.717) is 40.0 Å². The molecule has 0 saturated carbocycles. The highest BCUT2D eigenvalue weighted by atomic mass is 35.5. The van der Waals surface area contributed by atoms with Gasteiger partial charge in [-0.15, -0.1) is 0 Å². The summed E-state index contributed by atoms with van der Waals surface area (Å²) in [5.41, 5.74) is 4.04. The van der Waals surface area contributed by atoms with Gasteiger partial charge in [0.1, 0.15) is 22.2 Å². The van der Waals surface area contributed by atoms with E-state index in [0.717, 1.165) is 22.5 Å². The lowest BCUT2D eigenvalue weighted by molar-refractivity contribution is 0.0697. The smallest absolute Gasteiger partial charge is 0.335 e. The minimum atomic E-state index is -3.72. The van der Waals surface area contributed by atoms with Gasteiger partial charge in [-0.2, -0.15) is 0 Å². The van der Waals surface area contributed by atoms with E-state index in [9.17, 15) is 18.3 Å². The Balaban J connectivity index is 1.41. The number of hydrogen-bond donors (Lipinski definition) is 1. The lowest BCUT2D eigenvalue weighted by atomic mass is 10.1. The second-order valence-corrected chi connectivity index (χ2v) is 12.9. The molecule has 8 nitrogen and oxygen atoms in total. The van der Waals surface area contributed by atoms with Gasteiger partial charge in [-0.3, -0.25) is 0 Å². The van der Waals surface area contributed by atoms with Gasteiger partial charge in [0.15, 0.2) is 9.84 Å². The number of carboxylic acids is 1. The van der Waals surface area contributed by atoms with Crippen LogP contribution in [0.3, 0.4) is 0 Å². The number of aromatic carboxylic acids is 1. The Kier molecular flexibility index (Phi) is 9.29. The van der Waals surface area contributed by atoms with Gasteiger partial charge in [0.25, 0.3) is 0 Å². The van der Waals surface area contributed by atoms with Crippen LogP contribution in [0, 0.1) is 0 Å². The number of ether oxygens (including phenoxy) is 2. The van der Waals surface area contributed by atoms with E-state index in [4.69, 9.17) is 37.7 Å². The molecule has 0 unspecified atom stereocenters. The molecule has 0 spiro atoms. The first-order chi connectivity index (χ1) is 21.1. The standard InChI is InChI=1S/C33H28Cl2N2O6S/c1-42-26-12-14-30(43-2)31(17-26)44(40,41)20-23-5-3-21(4-6-23)15-32-36-29(27-13-11-25(34)16-28(27)35)19-37(32)18-22-7-9-24(10-8-22)33(38)39/h3-14,16-17,19H,15,18,20H2,1-2H3,(H,38,39). The van der Waals surface area contributed by atoms with Crippen molar-refractivity contribution in [1.82, 2.24) is 9.55 Å². The van der Waals surface area contributed by atoms with Crippen LogP contribution in [0.2, 0.25) is 10.0 Å². The zero-order valence-corrected chi connectivity index (χ0v) is 26.2. The van der Waals surface area contributed by atoms with Crippen LogP contribution in [0.1, 0.15) is 32.9 Å². The summed E-state index contributed by atoms with van der Waals surface area (Å²) in [6, 6.07) is 23.9. The highest BCUT2D eigenvalue weighted by Crippen LogP contribution is 2.32. The number of sulfone groups is 1. The lowest BCUT2D eigenvalue weighted by Crippen LogP contribution is -2.08. The molecule has 11 heteroatoms. The molecule has 0 saturated heterocycles. The van der Waals surface area contributed by atoms with E-state index in [-0.39, 0.29) is 22.0 Å². The van der Waals surface area contributed by atoms with Crippen LogP contribution in [0.15, 0.2) is 96.0 Å². The van der Waals surface area contributed by atoms with E-state index in [1.54, 1.807) is 60.7 Å². The Bertz CT molecular complexity index is 1920. The maximum Gasteiger partial charge on any atom is 0.335 e.